The summed E-state index contributed by atoms with van der Waals surface area (Å²) >= 11 is 0. The van der Waals surface area contributed by atoms with Crippen LogP contribution in [0.3, 0.4) is 0 Å². The number of para-hydroxylation sites is 2. The molecule has 0 aromatic heterocycles. The lowest BCUT2D eigenvalue weighted by Gasteiger charge is -2.21. The van der Waals surface area contributed by atoms with E-state index < -0.39 is 18.1 Å². The summed E-state index contributed by atoms with van der Waals surface area (Å²) < 4.78 is 5.21. The van der Waals surface area contributed by atoms with E-state index in [1.165, 1.54) is 7.11 Å². The van der Waals surface area contributed by atoms with Crippen molar-refractivity contribution in [2.24, 2.45) is 0 Å². The van der Waals surface area contributed by atoms with Crippen molar-refractivity contribution in [2.45, 2.75) is 18.6 Å². The minimum absolute atomic E-state index is 0.0630. The van der Waals surface area contributed by atoms with Crippen LogP contribution in [0.15, 0.2) is 66.7 Å². The Hall–Kier alpha value is -2.83. The van der Waals surface area contributed by atoms with Gasteiger partial charge in [-0.05, 0) is 29.7 Å². The number of rotatable bonds is 9. The number of hydrogen-bond acceptors (Lipinski definition) is 5. The summed E-state index contributed by atoms with van der Waals surface area (Å²) in [4.78, 5) is 11.5. The molecule has 2 aromatic carbocycles. The molecule has 0 heterocycles. The van der Waals surface area contributed by atoms with Crippen LogP contribution in [0.25, 0.3) is 0 Å². The lowest BCUT2D eigenvalue weighted by molar-refractivity contribution is -0.139. The van der Waals surface area contributed by atoms with Crippen LogP contribution in [0.2, 0.25) is 0 Å². The number of methoxy groups -OCH3 is 1. The average Bonchev–Trinajstić information content (AvgIpc) is 2.64. The Morgan fingerprint density at radius 1 is 1.16 bits per heavy atom. The highest BCUT2D eigenvalue weighted by Gasteiger charge is 2.22. The predicted molar refractivity (Wildman–Crippen MR) is 96.3 cm³/mol. The Bertz CT molecular complexity index is 718. The summed E-state index contributed by atoms with van der Waals surface area (Å²) in [5.74, 6) is -0.467. The van der Waals surface area contributed by atoms with Crippen molar-refractivity contribution in [3.8, 4) is 5.75 Å². The number of anilines is 1. The van der Waals surface area contributed by atoms with Gasteiger partial charge in [-0.15, -0.1) is 0 Å². The van der Waals surface area contributed by atoms with E-state index in [9.17, 15) is 15.0 Å². The molecule has 0 saturated heterocycles. The van der Waals surface area contributed by atoms with E-state index in [-0.39, 0.29) is 6.42 Å². The molecule has 2 unspecified atom stereocenters. The Morgan fingerprint density at radius 2 is 1.80 bits per heavy atom. The molecule has 2 aromatic rings. The van der Waals surface area contributed by atoms with Crippen LogP contribution in [0.4, 0.5) is 5.69 Å². The highest BCUT2D eigenvalue weighted by molar-refractivity contribution is 5.74. The van der Waals surface area contributed by atoms with Gasteiger partial charge in [-0.3, -0.25) is 4.79 Å². The van der Waals surface area contributed by atoms with E-state index in [1.807, 2.05) is 24.3 Å². The lowest BCUT2D eigenvalue weighted by Crippen LogP contribution is -2.41. The zero-order valence-electron chi connectivity index (χ0n) is 14.0. The fourth-order valence-electron chi connectivity index (χ4n) is 2.36. The van der Waals surface area contributed by atoms with Gasteiger partial charge in [0.1, 0.15) is 11.8 Å². The van der Waals surface area contributed by atoms with E-state index in [2.05, 4.69) is 17.4 Å². The molecule has 0 radical (unpaired) electrons. The van der Waals surface area contributed by atoms with Gasteiger partial charge < -0.3 is 20.4 Å². The van der Waals surface area contributed by atoms with Crippen LogP contribution in [0.1, 0.15) is 18.1 Å². The molecule has 25 heavy (non-hydrogen) atoms. The third-order valence-corrected chi connectivity index (χ3v) is 3.75. The first-order chi connectivity index (χ1) is 12.0. The summed E-state index contributed by atoms with van der Waals surface area (Å²) in [6.45, 7) is 3.84. The first-order valence-electron chi connectivity index (χ1n) is 7.81. The van der Waals surface area contributed by atoms with Crippen molar-refractivity contribution in [1.82, 2.24) is 5.43 Å². The number of carboxylic acids is 1. The molecule has 2 atom stereocenters. The molecule has 6 nitrogen and oxygen atoms in total. The highest BCUT2D eigenvalue weighted by Crippen LogP contribution is 2.25. The first kappa shape index (κ1) is 18.5. The molecular formula is C19H22N2O4. The van der Waals surface area contributed by atoms with Crippen molar-refractivity contribution < 1.29 is 19.7 Å². The number of hydrazine groups is 1. The Balaban J connectivity index is 2.01. The van der Waals surface area contributed by atoms with Crippen LogP contribution >= 0.6 is 0 Å². The van der Waals surface area contributed by atoms with Gasteiger partial charge in [-0.2, -0.15) is 0 Å². The molecule has 0 aliphatic rings. The van der Waals surface area contributed by atoms with Gasteiger partial charge in [-0.25, -0.2) is 5.43 Å². The summed E-state index contributed by atoms with van der Waals surface area (Å²) in [6.07, 6.45) is -0.857. The molecule has 132 valence electrons. The van der Waals surface area contributed by atoms with Crippen molar-refractivity contribution in [3.63, 3.8) is 0 Å². The molecule has 0 aliphatic heterocycles. The zero-order valence-corrected chi connectivity index (χ0v) is 14.0. The molecule has 0 saturated carbocycles. The molecule has 0 aliphatic carbocycles. The second-order valence-corrected chi connectivity index (χ2v) is 5.54. The standard InChI is InChI=1S/C19H22N2O4/c1-13(18(22)14-8-4-3-5-9-14)12-16(19(23)24)21-20-15-10-6-7-11-17(15)25-2/h3-11,16,18,20-22H,1,12H2,2H3,(H,23,24). The van der Waals surface area contributed by atoms with E-state index in [4.69, 9.17) is 4.74 Å². The van der Waals surface area contributed by atoms with Gasteiger partial charge in [-0.1, -0.05) is 49.0 Å². The quantitative estimate of drug-likeness (QED) is 0.414. The third kappa shape index (κ3) is 5.07. The fraction of sp³-hybridized carbons (Fsp3) is 0.211. The zero-order chi connectivity index (χ0) is 18.2. The second-order valence-electron chi connectivity index (χ2n) is 5.54. The van der Waals surface area contributed by atoms with Gasteiger partial charge in [0.15, 0.2) is 0 Å². The van der Waals surface area contributed by atoms with Crippen LogP contribution in [0.5, 0.6) is 5.75 Å². The fourth-order valence-corrected chi connectivity index (χ4v) is 2.36. The van der Waals surface area contributed by atoms with Crippen LogP contribution in [-0.2, 0) is 4.79 Å². The van der Waals surface area contributed by atoms with E-state index in [0.717, 1.165) is 0 Å². The normalized spacial score (nSPS) is 12.9. The third-order valence-electron chi connectivity index (χ3n) is 3.75. The molecule has 6 heteroatoms. The van der Waals surface area contributed by atoms with E-state index in [0.29, 0.717) is 22.6 Å². The average molecular weight is 342 g/mol. The van der Waals surface area contributed by atoms with Crippen molar-refractivity contribution in [2.75, 3.05) is 12.5 Å². The Labute approximate surface area is 146 Å². The van der Waals surface area contributed by atoms with Crippen molar-refractivity contribution >= 4 is 11.7 Å². The first-order valence-corrected chi connectivity index (χ1v) is 7.81. The van der Waals surface area contributed by atoms with Gasteiger partial charge in [0.2, 0.25) is 0 Å². The molecule has 0 amide bonds. The topological polar surface area (TPSA) is 90.8 Å². The van der Waals surface area contributed by atoms with Crippen LogP contribution in [-0.4, -0.2) is 29.3 Å². The minimum atomic E-state index is -1.05. The highest BCUT2D eigenvalue weighted by atomic mass is 16.5. The molecular weight excluding hydrogens is 320 g/mol. The van der Waals surface area contributed by atoms with Crippen molar-refractivity contribution in [3.05, 3.63) is 72.3 Å². The van der Waals surface area contributed by atoms with Crippen molar-refractivity contribution in [1.29, 1.82) is 0 Å². The van der Waals surface area contributed by atoms with Gasteiger partial charge in [0.25, 0.3) is 0 Å². The van der Waals surface area contributed by atoms with Crippen LogP contribution in [0, 0.1) is 0 Å². The number of ether oxygens (including phenoxy) is 1. The summed E-state index contributed by atoms with van der Waals surface area (Å²) in [6, 6.07) is 15.2. The van der Waals surface area contributed by atoms with Gasteiger partial charge in [0.05, 0.1) is 18.9 Å². The molecule has 4 N–H and O–H groups in total. The minimum Gasteiger partial charge on any atom is -0.495 e. The number of carbonyl (C=O) groups is 1. The predicted octanol–water partition coefficient (Wildman–Crippen LogP) is 2.74. The number of nitrogens with one attached hydrogen (secondary N) is 2. The van der Waals surface area contributed by atoms with E-state index >= 15 is 0 Å². The Kier molecular flexibility index (Phi) is 6.56. The second kappa shape index (κ2) is 8.86. The van der Waals surface area contributed by atoms with E-state index in [1.54, 1.807) is 30.3 Å². The number of aliphatic hydroxyl groups excluding tert-OH is 1. The number of aliphatic hydroxyl groups is 1. The summed E-state index contributed by atoms with van der Waals surface area (Å²) in [7, 11) is 1.53. The SMILES string of the molecule is C=C(CC(NNc1ccccc1OC)C(=O)O)C(O)c1ccccc1. The smallest absolute Gasteiger partial charge is 0.322 e. The molecule has 0 fully saturated rings. The molecule has 2 rings (SSSR count). The maximum atomic E-state index is 11.5. The maximum Gasteiger partial charge on any atom is 0.322 e. The monoisotopic (exact) mass is 342 g/mol. The van der Waals surface area contributed by atoms with Gasteiger partial charge in [0, 0.05) is 0 Å². The maximum absolute atomic E-state index is 11.5. The largest absolute Gasteiger partial charge is 0.495 e. The number of hydrogen-bond donors (Lipinski definition) is 4. The lowest BCUT2D eigenvalue weighted by atomic mass is 9.97. The number of carboxylic acid groups (broad SMARTS) is 1. The number of benzene rings is 2. The molecule has 0 bridgehead atoms. The van der Waals surface area contributed by atoms with Gasteiger partial charge >= 0.3 is 5.97 Å². The molecule has 0 spiro atoms. The number of aliphatic carboxylic acids is 1. The van der Waals surface area contributed by atoms with Crippen LogP contribution < -0.4 is 15.6 Å². The summed E-state index contributed by atoms with van der Waals surface area (Å²) in [5.41, 5.74) is 7.30. The Morgan fingerprint density at radius 3 is 2.44 bits per heavy atom. The summed E-state index contributed by atoms with van der Waals surface area (Å²) in [5, 5.41) is 19.7.